The molecular weight excluding hydrogens is 601 g/mol. The Kier molecular flexibility index (Phi) is 10.2. The van der Waals surface area contributed by atoms with Crippen molar-refractivity contribution in [3.63, 3.8) is 0 Å². The minimum atomic E-state index is -0.471. The van der Waals surface area contributed by atoms with E-state index in [2.05, 4.69) is 20.9 Å². The summed E-state index contributed by atoms with van der Waals surface area (Å²) in [6.07, 6.45) is 1.64. The summed E-state index contributed by atoms with van der Waals surface area (Å²) in [5, 5.41) is 8.72. The molecule has 0 aliphatic carbocycles. The van der Waals surface area contributed by atoms with Gasteiger partial charge in [0.05, 0.1) is 10.9 Å². The summed E-state index contributed by atoms with van der Waals surface area (Å²) in [6, 6.07) is 33.5. The van der Waals surface area contributed by atoms with Gasteiger partial charge in [-0.25, -0.2) is 4.98 Å². The van der Waals surface area contributed by atoms with E-state index in [9.17, 15) is 14.4 Å². The van der Waals surface area contributed by atoms with Gasteiger partial charge in [0.25, 0.3) is 11.8 Å². The van der Waals surface area contributed by atoms with Gasteiger partial charge in [-0.1, -0.05) is 84.4 Å². The fourth-order valence-electron chi connectivity index (χ4n) is 4.40. The van der Waals surface area contributed by atoms with Crippen molar-refractivity contribution in [1.82, 2.24) is 10.3 Å². The molecule has 1 unspecified atom stereocenters. The van der Waals surface area contributed by atoms with Crippen LogP contribution in [-0.4, -0.2) is 28.0 Å². The molecule has 5 aromatic rings. The minimum Gasteiger partial charge on any atom is -0.321 e. The van der Waals surface area contributed by atoms with E-state index in [0.717, 1.165) is 32.2 Å². The van der Waals surface area contributed by atoms with Crippen LogP contribution in [-0.2, 0) is 9.59 Å². The van der Waals surface area contributed by atoms with Crippen molar-refractivity contribution in [3.8, 4) is 11.3 Å². The highest BCUT2D eigenvalue weighted by Gasteiger charge is 2.19. The van der Waals surface area contributed by atoms with E-state index in [0.29, 0.717) is 16.4 Å². The number of rotatable bonds is 10. The fraction of sp³-hybridized carbons (Fsp3) is 0.111. The SMILES string of the molecule is Cc1ccc(/C=C(\NC(=O)c2ccccc2)C(=O)Nc2cccc(SC(C)C(=O)Nc3nc(-c4ccccc4)c(C)s3)c2)cc1. The summed E-state index contributed by atoms with van der Waals surface area (Å²) >= 11 is 2.81. The molecule has 9 heteroatoms. The number of thiazole rings is 1. The minimum absolute atomic E-state index is 0.104. The molecule has 0 aliphatic heterocycles. The average molecular weight is 633 g/mol. The molecule has 7 nitrogen and oxygen atoms in total. The molecule has 0 saturated heterocycles. The lowest BCUT2D eigenvalue weighted by Crippen LogP contribution is -2.30. The highest BCUT2D eigenvalue weighted by atomic mass is 32.2. The third-order valence-electron chi connectivity index (χ3n) is 6.77. The number of carbonyl (C=O) groups is 3. The smallest absolute Gasteiger partial charge is 0.272 e. The van der Waals surface area contributed by atoms with Gasteiger partial charge >= 0.3 is 0 Å². The number of hydrogen-bond donors (Lipinski definition) is 3. The molecule has 45 heavy (non-hydrogen) atoms. The Balaban J connectivity index is 1.26. The Bertz CT molecular complexity index is 1840. The van der Waals surface area contributed by atoms with E-state index >= 15 is 0 Å². The van der Waals surface area contributed by atoms with E-state index in [1.807, 2.05) is 93.6 Å². The van der Waals surface area contributed by atoms with Gasteiger partial charge in [-0.05, 0) is 62.7 Å². The lowest BCUT2D eigenvalue weighted by Gasteiger charge is -2.14. The molecule has 226 valence electrons. The van der Waals surface area contributed by atoms with Crippen molar-refractivity contribution in [1.29, 1.82) is 0 Å². The summed E-state index contributed by atoms with van der Waals surface area (Å²) in [5.74, 6) is -1.03. The van der Waals surface area contributed by atoms with Crippen LogP contribution < -0.4 is 16.0 Å². The van der Waals surface area contributed by atoms with Gasteiger partial charge in [0.2, 0.25) is 5.91 Å². The molecule has 0 bridgehead atoms. The van der Waals surface area contributed by atoms with Crippen LogP contribution in [0.5, 0.6) is 0 Å². The van der Waals surface area contributed by atoms with Gasteiger partial charge in [-0.2, -0.15) is 0 Å². The molecule has 3 N–H and O–H groups in total. The maximum Gasteiger partial charge on any atom is 0.272 e. The molecule has 1 atom stereocenters. The molecule has 5 rings (SSSR count). The Morgan fingerprint density at radius 2 is 1.51 bits per heavy atom. The Morgan fingerprint density at radius 1 is 0.822 bits per heavy atom. The summed E-state index contributed by atoms with van der Waals surface area (Å²) in [6.45, 7) is 5.79. The van der Waals surface area contributed by atoms with Gasteiger partial charge in [0, 0.05) is 26.6 Å². The van der Waals surface area contributed by atoms with Crippen molar-refractivity contribution < 1.29 is 14.4 Å². The Morgan fingerprint density at radius 3 is 2.22 bits per heavy atom. The van der Waals surface area contributed by atoms with Crippen LogP contribution in [0.25, 0.3) is 17.3 Å². The average Bonchev–Trinajstić information content (AvgIpc) is 3.42. The number of benzene rings is 4. The number of carbonyl (C=O) groups excluding carboxylic acids is 3. The van der Waals surface area contributed by atoms with Crippen LogP contribution >= 0.6 is 23.1 Å². The quantitative estimate of drug-likeness (QED) is 0.107. The fourth-order valence-corrected chi connectivity index (χ4v) is 6.16. The van der Waals surface area contributed by atoms with E-state index in [-0.39, 0.29) is 17.5 Å². The van der Waals surface area contributed by atoms with Crippen LogP contribution in [0.3, 0.4) is 0 Å². The van der Waals surface area contributed by atoms with Crippen LogP contribution in [0, 0.1) is 13.8 Å². The first-order valence-corrected chi connectivity index (χ1v) is 16.0. The van der Waals surface area contributed by atoms with E-state index in [1.165, 1.54) is 23.1 Å². The monoisotopic (exact) mass is 632 g/mol. The first-order chi connectivity index (χ1) is 21.7. The highest BCUT2D eigenvalue weighted by molar-refractivity contribution is 8.00. The number of hydrogen-bond acceptors (Lipinski definition) is 6. The van der Waals surface area contributed by atoms with Crippen LogP contribution in [0.1, 0.15) is 33.3 Å². The van der Waals surface area contributed by atoms with Gasteiger partial charge < -0.3 is 16.0 Å². The second kappa shape index (κ2) is 14.7. The number of thioether (sulfide) groups is 1. The van der Waals surface area contributed by atoms with Crippen molar-refractivity contribution in [2.75, 3.05) is 10.6 Å². The highest BCUT2D eigenvalue weighted by Crippen LogP contribution is 2.32. The first kappa shape index (κ1) is 31.4. The molecule has 0 saturated carbocycles. The largest absolute Gasteiger partial charge is 0.321 e. The predicted molar refractivity (Wildman–Crippen MR) is 184 cm³/mol. The van der Waals surface area contributed by atoms with Gasteiger partial charge in [-0.3, -0.25) is 14.4 Å². The maximum atomic E-state index is 13.5. The van der Waals surface area contributed by atoms with Gasteiger partial charge in [-0.15, -0.1) is 23.1 Å². The van der Waals surface area contributed by atoms with Crippen molar-refractivity contribution in [2.45, 2.75) is 30.9 Å². The molecule has 0 fully saturated rings. The predicted octanol–water partition coefficient (Wildman–Crippen LogP) is 7.96. The lowest BCUT2D eigenvalue weighted by atomic mass is 10.1. The molecule has 1 aromatic heterocycles. The Hall–Kier alpha value is -4.99. The normalized spacial score (nSPS) is 11.8. The molecular formula is C36H32N4O3S2. The summed E-state index contributed by atoms with van der Waals surface area (Å²) < 4.78 is 0. The summed E-state index contributed by atoms with van der Waals surface area (Å²) in [4.78, 5) is 45.9. The number of nitrogens with zero attached hydrogens (tertiary/aromatic N) is 1. The molecule has 1 heterocycles. The third kappa shape index (κ3) is 8.56. The third-order valence-corrected chi connectivity index (χ3v) is 8.75. The van der Waals surface area contributed by atoms with Crippen molar-refractivity contribution >= 4 is 57.7 Å². The zero-order valence-corrected chi connectivity index (χ0v) is 26.7. The van der Waals surface area contributed by atoms with Crippen molar-refractivity contribution in [2.24, 2.45) is 0 Å². The number of aromatic nitrogens is 1. The zero-order valence-electron chi connectivity index (χ0n) is 25.0. The first-order valence-electron chi connectivity index (χ1n) is 14.3. The molecule has 4 aromatic carbocycles. The van der Waals surface area contributed by atoms with Crippen LogP contribution in [0.4, 0.5) is 10.8 Å². The molecule has 3 amide bonds. The van der Waals surface area contributed by atoms with E-state index < -0.39 is 11.2 Å². The van der Waals surface area contributed by atoms with E-state index in [4.69, 9.17) is 0 Å². The molecule has 0 radical (unpaired) electrons. The number of anilines is 2. The summed E-state index contributed by atoms with van der Waals surface area (Å²) in [5.41, 5.74) is 4.79. The van der Waals surface area contributed by atoms with Crippen LogP contribution in [0.15, 0.2) is 120 Å². The standard InChI is InChI=1S/C36H32N4O3S2/c1-23-17-19-26(20-18-23)21-31(38-34(42)28-13-8-5-9-14-28)35(43)37-29-15-10-16-30(22-29)44-25(3)33(41)40-36-39-32(24(2)45-36)27-11-6-4-7-12-27/h4-22,25H,1-3H3,(H,37,43)(H,38,42)(H,39,40,41)/b31-21-. The summed E-state index contributed by atoms with van der Waals surface area (Å²) in [7, 11) is 0. The topological polar surface area (TPSA) is 100 Å². The van der Waals surface area contributed by atoms with Crippen molar-refractivity contribution in [3.05, 3.63) is 136 Å². The Labute approximate surface area is 270 Å². The number of amides is 3. The maximum absolute atomic E-state index is 13.5. The molecule has 0 spiro atoms. The van der Waals surface area contributed by atoms with Gasteiger partial charge in [0.1, 0.15) is 5.70 Å². The second-order valence-electron chi connectivity index (χ2n) is 10.3. The second-order valence-corrected chi connectivity index (χ2v) is 12.9. The zero-order chi connectivity index (χ0) is 31.8. The van der Waals surface area contributed by atoms with Crippen LogP contribution in [0.2, 0.25) is 0 Å². The lowest BCUT2D eigenvalue weighted by molar-refractivity contribution is -0.115. The number of aryl methyl sites for hydroxylation is 2. The molecule has 0 aliphatic rings. The number of nitrogens with one attached hydrogen (secondary N) is 3. The van der Waals surface area contributed by atoms with Gasteiger partial charge in [0.15, 0.2) is 5.13 Å². The van der Waals surface area contributed by atoms with E-state index in [1.54, 1.807) is 42.5 Å².